The molecule has 0 aromatic heterocycles. The summed E-state index contributed by atoms with van der Waals surface area (Å²) in [5, 5.41) is 0. The van der Waals surface area contributed by atoms with E-state index in [-0.39, 0.29) is 11.7 Å². The molecular formula is C14H17NO2. The Morgan fingerprint density at radius 3 is 2.53 bits per heavy atom. The Morgan fingerprint density at radius 1 is 1.29 bits per heavy atom. The van der Waals surface area contributed by atoms with Crippen molar-refractivity contribution < 1.29 is 9.59 Å². The van der Waals surface area contributed by atoms with Crippen molar-refractivity contribution in [1.82, 2.24) is 4.90 Å². The number of ketones is 1. The number of hydrogen-bond donors (Lipinski definition) is 0. The summed E-state index contributed by atoms with van der Waals surface area (Å²) in [7, 11) is 1.77. The highest BCUT2D eigenvalue weighted by atomic mass is 16.2. The Kier molecular flexibility index (Phi) is 2.57. The van der Waals surface area contributed by atoms with E-state index in [2.05, 4.69) is 0 Å². The predicted octanol–water partition coefficient (Wildman–Crippen LogP) is 2.50. The molecule has 1 amide bonds. The average molecular weight is 231 g/mol. The number of Topliss-reactive ketones (excluding diaryl/α,β-unsaturated/α-hetero) is 1. The monoisotopic (exact) mass is 231 g/mol. The summed E-state index contributed by atoms with van der Waals surface area (Å²) < 4.78 is 0. The fraction of sp³-hybridized carbons (Fsp3) is 0.429. The minimum absolute atomic E-state index is 0.00330. The van der Waals surface area contributed by atoms with Crippen LogP contribution in [-0.2, 0) is 6.54 Å². The van der Waals surface area contributed by atoms with Crippen molar-refractivity contribution in [1.29, 1.82) is 0 Å². The molecule has 0 unspecified atom stereocenters. The van der Waals surface area contributed by atoms with E-state index in [9.17, 15) is 9.59 Å². The number of fused-ring (bicyclic) bond motifs is 1. The Labute approximate surface area is 101 Å². The van der Waals surface area contributed by atoms with Crippen LogP contribution in [0.3, 0.4) is 0 Å². The molecule has 1 heterocycles. The average Bonchev–Trinajstić information content (AvgIpc) is 2.52. The molecule has 0 saturated carbocycles. The summed E-state index contributed by atoms with van der Waals surface area (Å²) in [6, 6.07) is 5.43. The molecule has 0 aliphatic carbocycles. The number of carbonyl (C=O) groups is 2. The molecule has 0 bridgehead atoms. The maximum Gasteiger partial charge on any atom is 0.254 e. The van der Waals surface area contributed by atoms with Crippen LogP contribution in [0.5, 0.6) is 0 Å². The lowest BCUT2D eigenvalue weighted by Crippen LogP contribution is -2.21. The van der Waals surface area contributed by atoms with E-state index < -0.39 is 5.41 Å². The molecule has 0 saturated heterocycles. The third kappa shape index (κ3) is 1.97. The van der Waals surface area contributed by atoms with Crippen molar-refractivity contribution in [2.75, 3.05) is 7.05 Å². The molecule has 1 aromatic rings. The molecule has 2 rings (SSSR count). The second-order valence-electron chi connectivity index (χ2n) is 5.61. The Morgan fingerprint density at radius 2 is 1.94 bits per heavy atom. The standard InChI is InChI=1S/C14H17NO2/c1-14(2,3)12(16)9-5-6-10-8-15(4)13(17)11(10)7-9/h5-7H,8H2,1-4H3. The van der Waals surface area contributed by atoms with Gasteiger partial charge in [0.1, 0.15) is 0 Å². The van der Waals surface area contributed by atoms with Crippen molar-refractivity contribution in [3.8, 4) is 0 Å². The SMILES string of the molecule is CN1Cc2ccc(C(=O)C(C)(C)C)cc2C1=O. The predicted molar refractivity (Wildman–Crippen MR) is 66.0 cm³/mol. The number of amides is 1. The number of carbonyl (C=O) groups excluding carboxylic acids is 2. The lowest BCUT2D eigenvalue weighted by molar-refractivity contribution is 0.0816. The molecule has 1 aromatic carbocycles. The normalized spacial score (nSPS) is 15.1. The fourth-order valence-corrected chi connectivity index (χ4v) is 2.02. The number of nitrogens with zero attached hydrogens (tertiary/aromatic N) is 1. The summed E-state index contributed by atoms with van der Waals surface area (Å²) in [6.45, 7) is 6.29. The van der Waals surface area contributed by atoms with E-state index in [4.69, 9.17) is 0 Å². The van der Waals surface area contributed by atoms with Gasteiger partial charge in [-0.25, -0.2) is 0 Å². The van der Waals surface area contributed by atoms with E-state index in [0.717, 1.165) is 5.56 Å². The van der Waals surface area contributed by atoms with Crippen LogP contribution in [0.25, 0.3) is 0 Å². The van der Waals surface area contributed by atoms with Crippen molar-refractivity contribution in [3.63, 3.8) is 0 Å². The fourth-order valence-electron chi connectivity index (χ4n) is 2.02. The molecule has 3 heteroatoms. The second kappa shape index (κ2) is 3.69. The minimum Gasteiger partial charge on any atom is -0.337 e. The molecule has 1 aliphatic rings. The first-order valence-corrected chi connectivity index (χ1v) is 5.74. The van der Waals surface area contributed by atoms with Crippen molar-refractivity contribution in [3.05, 3.63) is 34.9 Å². The van der Waals surface area contributed by atoms with E-state index >= 15 is 0 Å². The molecule has 1 aliphatic heterocycles. The molecule has 90 valence electrons. The van der Waals surface area contributed by atoms with Gasteiger partial charge >= 0.3 is 0 Å². The summed E-state index contributed by atoms with van der Waals surface area (Å²) in [5.41, 5.74) is 1.88. The van der Waals surface area contributed by atoms with Gasteiger partial charge in [0.05, 0.1) is 0 Å². The highest BCUT2D eigenvalue weighted by Crippen LogP contribution is 2.26. The first-order valence-electron chi connectivity index (χ1n) is 5.74. The van der Waals surface area contributed by atoms with Gasteiger partial charge in [0.15, 0.2) is 5.78 Å². The van der Waals surface area contributed by atoms with Crippen LogP contribution in [0.15, 0.2) is 18.2 Å². The van der Waals surface area contributed by atoms with Gasteiger partial charge in [-0.2, -0.15) is 0 Å². The van der Waals surface area contributed by atoms with Gasteiger partial charge in [0.25, 0.3) is 5.91 Å². The Balaban J connectivity index is 2.43. The topological polar surface area (TPSA) is 37.4 Å². The van der Waals surface area contributed by atoms with Crippen LogP contribution < -0.4 is 0 Å². The quantitative estimate of drug-likeness (QED) is 0.696. The summed E-state index contributed by atoms with van der Waals surface area (Å²) in [6.07, 6.45) is 0. The van der Waals surface area contributed by atoms with Crippen LogP contribution in [0.2, 0.25) is 0 Å². The molecule has 0 radical (unpaired) electrons. The summed E-state index contributed by atoms with van der Waals surface area (Å²) in [4.78, 5) is 25.6. The number of benzene rings is 1. The van der Waals surface area contributed by atoms with Crippen LogP contribution in [-0.4, -0.2) is 23.6 Å². The molecule has 0 fully saturated rings. The molecule has 0 N–H and O–H groups in total. The zero-order valence-electron chi connectivity index (χ0n) is 10.7. The van der Waals surface area contributed by atoms with Gasteiger partial charge < -0.3 is 4.90 Å². The lowest BCUT2D eigenvalue weighted by atomic mass is 9.86. The molecule has 17 heavy (non-hydrogen) atoms. The van der Waals surface area contributed by atoms with Crippen molar-refractivity contribution in [2.45, 2.75) is 27.3 Å². The molecule has 0 spiro atoms. The van der Waals surface area contributed by atoms with E-state index in [1.807, 2.05) is 32.9 Å². The zero-order chi connectivity index (χ0) is 12.8. The van der Waals surface area contributed by atoms with E-state index in [0.29, 0.717) is 17.7 Å². The zero-order valence-corrected chi connectivity index (χ0v) is 10.7. The number of rotatable bonds is 1. The van der Waals surface area contributed by atoms with Crippen LogP contribution in [0.4, 0.5) is 0 Å². The highest BCUT2D eigenvalue weighted by Gasteiger charge is 2.28. The van der Waals surface area contributed by atoms with E-state index in [1.165, 1.54) is 0 Å². The van der Waals surface area contributed by atoms with Gasteiger partial charge in [0, 0.05) is 30.1 Å². The van der Waals surface area contributed by atoms with Crippen molar-refractivity contribution >= 4 is 11.7 Å². The van der Waals surface area contributed by atoms with Gasteiger partial charge in [-0.1, -0.05) is 32.9 Å². The largest absolute Gasteiger partial charge is 0.337 e. The maximum absolute atomic E-state index is 12.1. The van der Waals surface area contributed by atoms with Crippen LogP contribution in [0.1, 0.15) is 47.1 Å². The van der Waals surface area contributed by atoms with Gasteiger partial charge in [0.2, 0.25) is 0 Å². The van der Waals surface area contributed by atoms with Crippen molar-refractivity contribution in [2.24, 2.45) is 5.41 Å². The summed E-state index contributed by atoms with van der Waals surface area (Å²) in [5.74, 6) is 0.0752. The smallest absolute Gasteiger partial charge is 0.254 e. The Hall–Kier alpha value is -1.64. The molecule has 3 nitrogen and oxygen atoms in total. The third-order valence-corrected chi connectivity index (χ3v) is 3.04. The van der Waals surface area contributed by atoms with Gasteiger partial charge in [-0.3, -0.25) is 9.59 Å². The third-order valence-electron chi connectivity index (χ3n) is 3.04. The Bertz CT molecular complexity index is 497. The maximum atomic E-state index is 12.1. The van der Waals surface area contributed by atoms with Crippen LogP contribution in [0, 0.1) is 5.41 Å². The van der Waals surface area contributed by atoms with E-state index in [1.54, 1.807) is 18.0 Å². The minimum atomic E-state index is -0.415. The first-order chi connectivity index (χ1) is 7.80. The van der Waals surface area contributed by atoms with Crippen LogP contribution >= 0.6 is 0 Å². The summed E-state index contributed by atoms with van der Waals surface area (Å²) >= 11 is 0. The highest BCUT2D eigenvalue weighted by molar-refractivity contribution is 6.04. The molecule has 0 atom stereocenters. The van der Waals surface area contributed by atoms with Gasteiger partial charge in [-0.15, -0.1) is 0 Å². The lowest BCUT2D eigenvalue weighted by Gasteiger charge is -2.16. The first kappa shape index (κ1) is 11.8. The molecular weight excluding hydrogens is 214 g/mol. The second-order valence-corrected chi connectivity index (χ2v) is 5.61. The van der Waals surface area contributed by atoms with Gasteiger partial charge in [-0.05, 0) is 11.6 Å². The number of hydrogen-bond acceptors (Lipinski definition) is 2.